The Hall–Kier alpha value is 0.836. The fourth-order valence-corrected chi connectivity index (χ4v) is 0. The summed E-state index contributed by atoms with van der Waals surface area (Å²) in [4.78, 5) is 0. The van der Waals surface area contributed by atoms with Crippen molar-refractivity contribution in [1.82, 2.24) is 0 Å². The largest absolute Gasteiger partial charge is 0.316 e. The number of rotatable bonds is 1. The number of hydrogen-bond acceptors (Lipinski definition) is 2. The van der Waals surface area contributed by atoms with Crippen molar-refractivity contribution in [2.24, 2.45) is 0 Å². The number of hydrogen-bond donors (Lipinski definition) is 1. The van der Waals surface area contributed by atoms with Gasteiger partial charge in [-0.05, 0) is 0 Å². The molecule has 0 radical (unpaired) electrons. The van der Waals surface area contributed by atoms with Gasteiger partial charge in [0.25, 0.3) is 0 Å². The minimum Gasteiger partial charge on any atom is -0.284 e. The molecule has 0 aromatic rings. The van der Waals surface area contributed by atoms with Gasteiger partial charge in [-0.25, -0.2) is 0 Å². The van der Waals surface area contributed by atoms with E-state index in [1.54, 1.807) is 0 Å². The molecule has 0 fully saturated rings. The highest BCUT2D eigenvalue weighted by atomic mass is 32.2. The zero-order chi connectivity index (χ0) is 4.28. The normalized spacial score (nSPS) is 12.3. The van der Waals surface area contributed by atoms with Gasteiger partial charge in [0.2, 0.25) is 0 Å². The van der Waals surface area contributed by atoms with Crippen LogP contribution < -0.4 is 0 Å². The summed E-state index contributed by atoms with van der Waals surface area (Å²) in [6.45, 7) is 0. The third-order valence-corrected chi connectivity index (χ3v) is 0.428. The van der Waals surface area contributed by atoms with Crippen LogP contribution in [0.15, 0.2) is 0 Å². The summed E-state index contributed by atoms with van der Waals surface area (Å²) in [7, 11) is 1.15. The molecule has 3 nitrogen and oxygen atoms in total. The van der Waals surface area contributed by atoms with Crippen molar-refractivity contribution < 1.29 is 12.9 Å². The molecule has 0 aromatic heterocycles. The van der Waals surface area contributed by atoms with Crippen LogP contribution in [0.5, 0.6) is 0 Å². The second-order valence-electron chi connectivity index (χ2n) is 0.384. The van der Waals surface area contributed by atoms with Crippen LogP contribution >= 0.6 is 0 Å². The van der Waals surface area contributed by atoms with Crippen LogP contribution in [0.25, 0.3) is 0 Å². The molecule has 0 bridgehead atoms. The summed E-state index contributed by atoms with van der Waals surface area (Å²) in [5.74, 6) is 0. The van der Waals surface area contributed by atoms with Crippen molar-refractivity contribution in [3.8, 4) is 0 Å². The first-order valence-electron chi connectivity index (χ1n) is 0.924. The van der Waals surface area contributed by atoms with Gasteiger partial charge in [-0.2, -0.15) is 4.21 Å². The van der Waals surface area contributed by atoms with Crippen molar-refractivity contribution in [2.45, 2.75) is 0 Å². The van der Waals surface area contributed by atoms with Crippen molar-refractivity contribution in [1.29, 1.82) is 0 Å². The van der Waals surface area contributed by atoms with E-state index in [2.05, 4.69) is 4.18 Å². The Balaban J connectivity index is 0. The second kappa shape index (κ2) is 5.84. The molecule has 0 aliphatic carbocycles. The predicted octanol–water partition coefficient (Wildman–Crippen LogP) is -1.15. The first-order valence-corrected chi connectivity index (χ1v) is 1.96. The van der Waals surface area contributed by atoms with E-state index < -0.39 is 11.4 Å². The molecule has 5 heteroatoms. The average molecular weight is 122 g/mol. The van der Waals surface area contributed by atoms with Crippen molar-refractivity contribution in [3.05, 3.63) is 0 Å². The van der Waals surface area contributed by atoms with Crippen LogP contribution in [0.4, 0.5) is 0 Å². The summed E-state index contributed by atoms with van der Waals surface area (Å²) in [6.07, 6.45) is 0. The lowest BCUT2D eigenvalue weighted by atomic mass is 11.8. The zero-order valence-electron chi connectivity index (χ0n) is 2.67. The van der Waals surface area contributed by atoms with Gasteiger partial charge in [0.1, 0.15) is 0 Å². The first kappa shape index (κ1) is 9.96. The van der Waals surface area contributed by atoms with E-state index >= 15 is 0 Å². The molecule has 0 saturated heterocycles. The molecular formula is CH6MgO3S. The Kier molecular flexibility index (Phi) is 9.68. The SMILES string of the molecule is COS(=O)O.[MgH2]. The monoisotopic (exact) mass is 122 g/mol. The standard InChI is InChI=1S/CH4O3S.Mg.2H/c1-4-5(2)3;;;/h1H3,(H,2,3);;;. The topological polar surface area (TPSA) is 46.5 Å². The molecule has 0 rings (SSSR count). The molecule has 1 N–H and O–H groups in total. The quantitative estimate of drug-likeness (QED) is 0.353. The van der Waals surface area contributed by atoms with Gasteiger partial charge in [0.05, 0.1) is 7.11 Å². The molecule has 0 aliphatic heterocycles. The van der Waals surface area contributed by atoms with Gasteiger partial charge < -0.3 is 0 Å². The first-order chi connectivity index (χ1) is 2.27. The van der Waals surface area contributed by atoms with Gasteiger partial charge >= 0.3 is 34.4 Å². The molecule has 0 amide bonds. The average Bonchev–Trinajstić information content (AvgIpc) is 1.38. The van der Waals surface area contributed by atoms with Gasteiger partial charge in [-0.1, -0.05) is 0 Å². The van der Waals surface area contributed by atoms with Gasteiger partial charge in [-0.3, -0.25) is 8.74 Å². The lowest BCUT2D eigenvalue weighted by Crippen LogP contribution is -1.84. The van der Waals surface area contributed by atoms with E-state index in [0.717, 1.165) is 7.11 Å². The van der Waals surface area contributed by atoms with Crippen molar-refractivity contribution in [2.75, 3.05) is 7.11 Å². The maximum Gasteiger partial charge on any atom is 0.316 e. The molecule has 0 aliphatic rings. The summed E-state index contributed by atoms with van der Waals surface area (Å²) < 4.78 is 20.6. The highest BCUT2D eigenvalue weighted by Gasteiger charge is 1.75. The molecule has 0 saturated carbocycles. The van der Waals surface area contributed by atoms with Crippen LogP contribution in [0.3, 0.4) is 0 Å². The van der Waals surface area contributed by atoms with E-state index in [9.17, 15) is 4.21 Å². The third kappa shape index (κ3) is 8.85. The summed E-state index contributed by atoms with van der Waals surface area (Å²) >= 11 is -2.07. The molecule has 0 aromatic carbocycles. The van der Waals surface area contributed by atoms with Gasteiger partial charge in [0.15, 0.2) is 0 Å². The maximum atomic E-state index is 9.26. The lowest BCUT2D eigenvalue weighted by molar-refractivity contribution is 0.379. The van der Waals surface area contributed by atoms with Crippen molar-refractivity contribution in [3.63, 3.8) is 0 Å². The zero-order valence-corrected chi connectivity index (χ0v) is 3.49. The predicted molar refractivity (Wildman–Crippen MR) is 26.3 cm³/mol. The van der Waals surface area contributed by atoms with Gasteiger partial charge in [-0.15, -0.1) is 0 Å². The summed E-state index contributed by atoms with van der Waals surface area (Å²) in [5, 5.41) is 0. The Labute approximate surface area is 54.7 Å². The minimum absolute atomic E-state index is 0. The Morgan fingerprint density at radius 1 is 1.83 bits per heavy atom. The fraction of sp³-hybridized carbons (Fsp3) is 1.00. The summed E-state index contributed by atoms with van der Waals surface area (Å²) in [5.41, 5.74) is 0. The minimum atomic E-state index is -2.07. The molecule has 36 valence electrons. The molecule has 0 spiro atoms. The lowest BCUT2D eigenvalue weighted by Gasteiger charge is -1.76. The van der Waals surface area contributed by atoms with E-state index in [1.165, 1.54) is 0 Å². The van der Waals surface area contributed by atoms with Crippen LogP contribution in [0.1, 0.15) is 0 Å². The Morgan fingerprint density at radius 2 is 2.00 bits per heavy atom. The van der Waals surface area contributed by atoms with Crippen LogP contribution in [-0.2, 0) is 15.5 Å². The third-order valence-electron chi connectivity index (χ3n) is 0.143. The Bertz CT molecular complexity index is 46.1. The van der Waals surface area contributed by atoms with E-state index in [4.69, 9.17) is 4.55 Å². The maximum absolute atomic E-state index is 9.26. The molecule has 6 heavy (non-hydrogen) atoms. The highest BCUT2D eigenvalue weighted by Crippen LogP contribution is 1.64. The fourth-order valence-electron chi connectivity index (χ4n) is 0. The van der Waals surface area contributed by atoms with E-state index in [0.29, 0.717) is 0 Å². The van der Waals surface area contributed by atoms with Crippen LogP contribution in [0.2, 0.25) is 0 Å². The molecule has 0 heterocycles. The second-order valence-corrected chi connectivity index (χ2v) is 1.15. The molecular weight excluding hydrogens is 116 g/mol. The smallest absolute Gasteiger partial charge is 0.284 e. The molecule has 1 unspecified atom stereocenters. The van der Waals surface area contributed by atoms with Crippen LogP contribution in [-0.4, -0.2) is 38.9 Å². The van der Waals surface area contributed by atoms with Crippen molar-refractivity contribution >= 4 is 34.4 Å². The van der Waals surface area contributed by atoms with E-state index in [1.807, 2.05) is 0 Å². The summed E-state index contributed by atoms with van der Waals surface area (Å²) in [6, 6.07) is 0. The van der Waals surface area contributed by atoms with Crippen LogP contribution in [0, 0.1) is 0 Å². The Morgan fingerprint density at radius 3 is 2.00 bits per heavy atom. The van der Waals surface area contributed by atoms with Gasteiger partial charge in [0, 0.05) is 0 Å². The molecule has 1 atom stereocenters. The van der Waals surface area contributed by atoms with E-state index in [-0.39, 0.29) is 23.1 Å². The highest BCUT2D eigenvalue weighted by molar-refractivity contribution is 7.74.